The number of carbonyl (C=O) groups is 2. The third-order valence-electron chi connectivity index (χ3n) is 10.7. The first-order valence-electron chi connectivity index (χ1n) is 19.4. The minimum atomic E-state index is -4.09. The van der Waals surface area contributed by atoms with Gasteiger partial charge in [-0.2, -0.15) is 5.26 Å². The Kier molecular flexibility index (Phi) is 15.2. The summed E-state index contributed by atoms with van der Waals surface area (Å²) in [6, 6.07) is 13.4. The molecule has 3 aromatic heterocycles. The molecule has 62 heavy (non-hydrogen) atoms. The maximum absolute atomic E-state index is 16.8. The molecular formula is C38H47FN7O12P2SSi+. The molecule has 1 aromatic carbocycles. The number of nitrogens with one attached hydrogen (secondary N) is 1. The largest absolute Gasteiger partial charge is 0.695 e. The number of amides is 1. The van der Waals surface area contributed by atoms with Crippen molar-refractivity contribution in [3.8, 4) is 6.07 Å². The van der Waals surface area contributed by atoms with Crippen LogP contribution in [0.1, 0.15) is 72.9 Å². The van der Waals surface area contributed by atoms with E-state index in [0.717, 1.165) is 0 Å². The molecule has 5 heterocycles. The average Bonchev–Trinajstić information content (AvgIpc) is 3.90. The van der Waals surface area contributed by atoms with E-state index in [2.05, 4.69) is 25.3 Å². The molecule has 332 valence electrons. The molecule has 0 spiro atoms. The number of anilines is 1. The van der Waals surface area contributed by atoms with E-state index in [1.165, 1.54) is 36.4 Å². The highest BCUT2D eigenvalue weighted by Gasteiger charge is 2.56. The van der Waals surface area contributed by atoms with Crippen LogP contribution in [-0.4, -0.2) is 111 Å². The van der Waals surface area contributed by atoms with Crippen LogP contribution in [0.4, 0.5) is 10.2 Å². The number of ether oxygens (including phenoxy) is 2. The summed E-state index contributed by atoms with van der Waals surface area (Å²) in [4.78, 5) is 52.1. The number of hydrogen-bond donors (Lipinski definition) is 3. The van der Waals surface area contributed by atoms with Crippen LogP contribution >= 0.6 is 15.0 Å². The summed E-state index contributed by atoms with van der Waals surface area (Å²) in [5.74, 6) is -0.723. The second-order valence-electron chi connectivity index (χ2n) is 15.9. The predicted octanol–water partition coefficient (Wildman–Crippen LogP) is 6.03. The van der Waals surface area contributed by atoms with Gasteiger partial charge in [-0.05, 0) is 59.8 Å². The highest BCUT2D eigenvalue weighted by molar-refractivity contribution is 8.07. The molecule has 2 fully saturated rings. The van der Waals surface area contributed by atoms with Gasteiger partial charge in [0.05, 0.1) is 38.6 Å². The highest BCUT2D eigenvalue weighted by atomic mass is 32.5. The SMILES string of the molecule is CC(=O)c1cc([C@@H]2O[C@H](COP(=S)(OCCC#N)O[C@H]3[C@@H](F)[C@H](n4cnc5c(NC(=O)c6ccccc6)ncnc54)O[C@@H]3CO)[C@@H](O[Si](C)(C)C(C)(C)C)[C@H]2O[P+](=O)O)ccn1. The van der Waals surface area contributed by atoms with Gasteiger partial charge >= 0.3 is 15.0 Å². The fourth-order valence-electron chi connectivity index (χ4n) is 6.53. The molecule has 3 N–H and O–H groups in total. The number of aromatic nitrogens is 5. The van der Waals surface area contributed by atoms with Gasteiger partial charge < -0.3 is 33.4 Å². The molecule has 24 heteroatoms. The fourth-order valence-corrected chi connectivity index (χ4v) is 10.4. The summed E-state index contributed by atoms with van der Waals surface area (Å²) in [6.45, 7) is 5.77. The Bertz CT molecular complexity index is 2360. The first-order valence-corrected chi connectivity index (χ1v) is 26.0. The quantitative estimate of drug-likeness (QED) is 0.0446. The van der Waals surface area contributed by atoms with Crippen molar-refractivity contribution in [2.24, 2.45) is 0 Å². The monoisotopic (exact) mass is 934 g/mol. The molecule has 2 saturated heterocycles. The van der Waals surface area contributed by atoms with Crippen molar-refractivity contribution in [3.05, 3.63) is 78.1 Å². The van der Waals surface area contributed by atoms with Crippen molar-refractivity contribution in [1.29, 1.82) is 5.26 Å². The van der Waals surface area contributed by atoms with Gasteiger partial charge in [-0.1, -0.05) is 39.0 Å². The molecule has 10 atom stereocenters. The Morgan fingerprint density at radius 1 is 1.08 bits per heavy atom. The fraction of sp³-hybridized carbons (Fsp3) is 0.500. The molecule has 2 aliphatic rings. The predicted molar refractivity (Wildman–Crippen MR) is 226 cm³/mol. The summed E-state index contributed by atoms with van der Waals surface area (Å²) >= 11 is 5.83. The van der Waals surface area contributed by atoms with E-state index in [9.17, 15) is 29.4 Å². The van der Waals surface area contributed by atoms with E-state index < -0.39 is 91.4 Å². The van der Waals surface area contributed by atoms with Crippen LogP contribution in [-0.2, 0) is 48.4 Å². The van der Waals surface area contributed by atoms with Gasteiger partial charge in [0.2, 0.25) is 0 Å². The van der Waals surface area contributed by atoms with Gasteiger partial charge in [0.25, 0.3) is 5.91 Å². The first-order chi connectivity index (χ1) is 29.4. The summed E-state index contributed by atoms with van der Waals surface area (Å²) in [6.07, 6.45) is -7.16. The number of rotatable bonds is 18. The number of benzene rings is 1. The van der Waals surface area contributed by atoms with Crippen LogP contribution in [0, 0.1) is 11.3 Å². The number of halogens is 1. The number of aliphatic hydroxyl groups is 1. The summed E-state index contributed by atoms with van der Waals surface area (Å²) in [5.41, 5.74) is 1.13. The number of fused-ring (bicyclic) bond motifs is 1. The third-order valence-corrected chi connectivity index (χ3v) is 17.9. The molecule has 2 unspecified atom stereocenters. The number of nitriles is 1. The van der Waals surface area contributed by atoms with E-state index >= 15 is 4.39 Å². The Morgan fingerprint density at radius 2 is 1.82 bits per heavy atom. The third kappa shape index (κ3) is 10.7. The van der Waals surface area contributed by atoms with Crippen LogP contribution in [0.25, 0.3) is 11.2 Å². The maximum atomic E-state index is 16.8. The second-order valence-corrected chi connectivity index (χ2v) is 24.3. The standard InChI is InChI=1S/C38H46FN7O12P2SSi/c1-22(48)25-17-24(13-15-41-25)30-33(56-59(50)51)32(58-62(5,6)38(2,3)4)27(54-30)19-53-60(61,52-16-10-14-40)57-31-26(18-47)55-37(28(31)39)46-21-44-29-34(42-20-43-35(29)46)45-36(49)23-11-8-7-9-12-23/h7-9,11-13,15,17,20-21,26-28,30-33,37,47H,10,16,18-19H2,1-6H3,(H-,42,43,45,49,50,51)/p+1/t26-,27-,28-,30+,31-,32-,33+,37-,60?/m1/s1. The number of carbonyl (C=O) groups excluding carboxylic acids is 2. The van der Waals surface area contributed by atoms with E-state index in [1.54, 1.807) is 36.4 Å². The van der Waals surface area contributed by atoms with Crippen LogP contribution in [0.3, 0.4) is 0 Å². The normalized spacial score (nSPS) is 25.3. The zero-order valence-corrected chi connectivity index (χ0v) is 38.2. The first kappa shape index (κ1) is 47.6. The number of ketones is 1. The van der Waals surface area contributed by atoms with Gasteiger partial charge in [-0.25, -0.2) is 19.3 Å². The number of imidazole rings is 1. The van der Waals surface area contributed by atoms with Crippen molar-refractivity contribution in [1.82, 2.24) is 24.5 Å². The number of Topliss-reactive ketones (excluding diaryl/α,β-unsaturated/α-hetero) is 1. The van der Waals surface area contributed by atoms with Crippen LogP contribution in [0.2, 0.25) is 18.1 Å². The molecule has 19 nitrogen and oxygen atoms in total. The van der Waals surface area contributed by atoms with Crippen molar-refractivity contribution < 1.29 is 60.5 Å². The van der Waals surface area contributed by atoms with Crippen molar-refractivity contribution in [2.45, 2.75) is 101 Å². The second kappa shape index (κ2) is 19.9. The molecule has 0 bridgehead atoms. The molecule has 0 saturated carbocycles. The topological polar surface area (TPSA) is 249 Å². The van der Waals surface area contributed by atoms with Crippen molar-refractivity contribution >= 4 is 63.8 Å². The Hall–Kier alpha value is -3.91. The Balaban J connectivity index is 1.28. The summed E-state index contributed by atoms with van der Waals surface area (Å²) < 4.78 is 73.5. The summed E-state index contributed by atoms with van der Waals surface area (Å²) in [7, 11) is -5.90. The molecule has 0 radical (unpaired) electrons. The van der Waals surface area contributed by atoms with Gasteiger partial charge in [0.15, 0.2) is 49.6 Å². The number of pyridine rings is 1. The Morgan fingerprint density at radius 3 is 2.48 bits per heavy atom. The lowest BCUT2D eigenvalue weighted by molar-refractivity contribution is -0.0479. The number of hydrogen-bond acceptors (Lipinski definition) is 17. The molecule has 0 aliphatic carbocycles. The minimum Gasteiger partial charge on any atom is -0.408 e. The van der Waals surface area contributed by atoms with Gasteiger partial charge in [0, 0.05) is 23.2 Å². The van der Waals surface area contributed by atoms with Gasteiger partial charge in [-0.3, -0.25) is 23.7 Å². The van der Waals surface area contributed by atoms with Gasteiger partial charge in [0.1, 0.15) is 42.5 Å². The molecule has 4 aromatic rings. The van der Waals surface area contributed by atoms with Crippen LogP contribution in [0.5, 0.6) is 0 Å². The van der Waals surface area contributed by atoms with E-state index in [0.29, 0.717) is 11.1 Å². The number of aliphatic hydroxyl groups excluding tert-OH is 1. The minimum absolute atomic E-state index is 0.0613. The molecule has 6 rings (SSSR count). The average molecular weight is 935 g/mol. The molecular weight excluding hydrogens is 888 g/mol. The van der Waals surface area contributed by atoms with Crippen molar-refractivity contribution in [2.75, 3.05) is 25.1 Å². The zero-order chi connectivity index (χ0) is 45.0. The summed E-state index contributed by atoms with van der Waals surface area (Å²) in [5, 5.41) is 22.1. The molecule has 1 amide bonds. The van der Waals surface area contributed by atoms with Crippen LogP contribution < -0.4 is 5.32 Å². The van der Waals surface area contributed by atoms with E-state index in [4.69, 9.17) is 43.8 Å². The lowest BCUT2D eigenvalue weighted by atomic mass is 10.0. The lowest BCUT2D eigenvalue weighted by Gasteiger charge is -2.40. The van der Waals surface area contributed by atoms with Crippen LogP contribution in [0.15, 0.2) is 61.3 Å². The smallest absolute Gasteiger partial charge is 0.408 e. The molecule has 2 aliphatic heterocycles. The highest BCUT2D eigenvalue weighted by Crippen LogP contribution is 2.55. The lowest BCUT2D eigenvalue weighted by Crippen LogP contribution is -2.50. The number of alkyl halides is 1. The van der Waals surface area contributed by atoms with E-state index in [1.807, 2.05) is 39.9 Å². The van der Waals surface area contributed by atoms with Crippen molar-refractivity contribution in [3.63, 3.8) is 0 Å². The number of nitrogens with zero attached hydrogens (tertiary/aromatic N) is 6. The zero-order valence-electron chi connectivity index (χ0n) is 34.6. The maximum Gasteiger partial charge on any atom is 0.695 e. The Labute approximate surface area is 363 Å². The van der Waals surface area contributed by atoms with Gasteiger partial charge in [-0.15, -0.1) is 9.42 Å². The van der Waals surface area contributed by atoms with E-state index in [-0.39, 0.29) is 46.5 Å².